The van der Waals surface area contributed by atoms with Gasteiger partial charge in [0.2, 0.25) is 5.91 Å². The molecule has 1 fully saturated rings. The van der Waals surface area contributed by atoms with Crippen molar-refractivity contribution in [1.29, 1.82) is 0 Å². The van der Waals surface area contributed by atoms with Crippen molar-refractivity contribution in [1.82, 2.24) is 5.32 Å². The van der Waals surface area contributed by atoms with E-state index in [-0.39, 0.29) is 11.8 Å². The molecule has 0 radical (unpaired) electrons. The van der Waals surface area contributed by atoms with Crippen molar-refractivity contribution in [2.75, 3.05) is 6.54 Å². The van der Waals surface area contributed by atoms with E-state index in [1.165, 1.54) is 0 Å². The molecule has 1 aromatic carbocycles. The number of halogens is 2. The van der Waals surface area contributed by atoms with Gasteiger partial charge in [-0.3, -0.25) is 4.79 Å². The summed E-state index contributed by atoms with van der Waals surface area (Å²) in [4.78, 5) is 11.0. The van der Waals surface area contributed by atoms with E-state index in [2.05, 4.69) is 5.32 Å². The lowest BCUT2D eigenvalue weighted by molar-refractivity contribution is -0.119. The number of amides is 1. The molecule has 0 aromatic heterocycles. The summed E-state index contributed by atoms with van der Waals surface area (Å²) in [7, 11) is 0. The Kier molecular flexibility index (Phi) is 2.66. The first-order chi connectivity index (χ1) is 6.66. The summed E-state index contributed by atoms with van der Waals surface area (Å²) in [6, 6.07) is 5.51. The topological polar surface area (TPSA) is 29.1 Å². The van der Waals surface area contributed by atoms with Gasteiger partial charge in [-0.25, -0.2) is 0 Å². The van der Waals surface area contributed by atoms with E-state index < -0.39 is 0 Å². The van der Waals surface area contributed by atoms with Gasteiger partial charge in [0.15, 0.2) is 0 Å². The van der Waals surface area contributed by atoms with E-state index >= 15 is 0 Å². The molecule has 0 saturated carbocycles. The maximum Gasteiger partial charge on any atom is 0.220 e. The third-order valence-electron chi connectivity index (χ3n) is 2.39. The van der Waals surface area contributed by atoms with Gasteiger partial charge in [0.25, 0.3) is 0 Å². The lowest BCUT2D eigenvalue weighted by Crippen LogP contribution is -2.13. The van der Waals surface area contributed by atoms with Crippen LogP contribution >= 0.6 is 23.2 Å². The van der Waals surface area contributed by atoms with Crippen LogP contribution in [0.25, 0.3) is 0 Å². The van der Waals surface area contributed by atoms with Gasteiger partial charge in [-0.2, -0.15) is 0 Å². The SMILES string of the molecule is O=C1C[C@@H](c2ccc(Cl)c(Cl)c2)CN1. The van der Waals surface area contributed by atoms with Crippen molar-refractivity contribution >= 4 is 29.1 Å². The maximum absolute atomic E-state index is 11.0. The van der Waals surface area contributed by atoms with Crippen molar-refractivity contribution in [3.63, 3.8) is 0 Å². The first-order valence-corrected chi connectivity index (χ1v) is 5.14. The average molecular weight is 230 g/mol. The van der Waals surface area contributed by atoms with Gasteiger partial charge in [-0.1, -0.05) is 29.3 Å². The molecule has 2 nitrogen and oxygen atoms in total. The number of hydrogen-bond acceptors (Lipinski definition) is 1. The highest BCUT2D eigenvalue weighted by Gasteiger charge is 2.23. The molecule has 2 rings (SSSR count). The summed E-state index contributed by atoms with van der Waals surface area (Å²) in [6.45, 7) is 0.691. The molecular weight excluding hydrogens is 221 g/mol. The molecule has 1 saturated heterocycles. The van der Waals surface area contributed by atoms with E-state index in [1.54, 1.807) is 6.07 Å². The molecule has 1 N–H and O–H groups in total. The number of carbonyl (C=O) groups excluding carboxylic acids is 1. The minimum absolute atomic E-state index is 0.0982. The van der Waals surface area contributed by atoms with Crippen LogP contribution < -0.4 is 5.32 Å². The van der Waals surface area contributed by atoms with Crippen LogP contribution in [0.15, 0.2) is 18.2 Å². The number of hydrogen-bond donors (Lipinski definition) is 1. The largest absolute Gasteiger partial charge is 0.355 e. The molecule has 0 unspecified atom stereocenters. The Morgan fingerprint density at radius 3 is 2.64 bits per heavy atom. The molecule has 1 atom stereocenters. The van der Waals surface area contributed by atoms with Crippen LogP contribution in [0.4, 0.5) is 0 Å². The van der Waals surface area contributed by atoms with Gasteiger partial charge in [-0.05, 0) is 17.7 Å². The van der Waals surface area contributed by atoms with Gasteiger partial charge in [0, 0.05) is 18.9 Å². The number of nitrogens with one attached hydrogen (secondary N) is 1. The smallest absolute Gasteiger partial charge is 0.220 e. The zero-order valence-electron chi connectivity index (χ0n) is 7.39. The molecule has 1 heterocycles. The first-order valence-electron chi connectivity index (χ1n) is 4.38. The fourth-order valence-corrected chi connectivity index (χ4v) is 1.91. The van der Waals surface area contributed by atoms with Crippen molar-refractivity contribution in [2.45, 2.75) is 12.3 Å². The number of benzene rings is 1. The maximum atomic E-state index is 11.0. The van der Waals surface area contributed by atoms with Crippen LogP contribution in [0.2, 0.25) is 10.0 Å². The van der Waals surface area contributed by atoms with E-state index in [0.717, 1.165) is 5.56 Å². The summed E-state index contributed by atoms with van der Waals surface area (Å²) >= 11 is 11.7. The van der Waals surface area contributed by atoms with Crippen molar-refractivity contribution in [3.05, 3.63) is 33.8 Å². The highest BCUT2D eigenvalue weighted by molar-refractivity contribution is 6.42. The minimum Gasteiger partial charge on any atom is -0.355 e. The third-order valence-corrected chi connectivity index (χ3v) is 3.13. The fourth-order valence-electron chi connectivity index (χ4n) is 1.61. The van der Waals surface area contributed by atoms with E-state index in [9.17, 15) is 4.79 Å². The molecule has 1 aromatic rings. The van der Waals surface area contributed by atoms with Gasteiger partial charge in [-0.15, -0.1) is 0 Å². The Morgan fingerprint density at radius 1 is 1.29 bits per heavy atom. The predicted octanol–water partition coefficient (Wildman–Crippen LogP) is 2.60. The van der Waals surface area contributed by atoms with Gasteiger partial charge >= 0.3 is 0 Å². The molecule has 74 valence electrons. The summed E-state index contributed by atoms with van der Waals surface area (Å²) in [5.74, 6) is 0.332. The molecule has 0 aliphatic carbocycles. The molecule has 0 bridgehead atoms. The summed E-state index contributed by atoms with van der Waals surface area (Å²) < 4.78 is 0. The summed E-state index contributed by atoms with van der Waals surface area (Å²) in [5.41, 5.74) is 1.07. The second-order valence-corrected chi connectivity index (χ2v) is 4.19. The molecule has 4 heteroatoms. The highest BCUT2D eigenvalue weighted by atomic mass is 35.5. The second-order valence-electron chi connectivity index (χ2n) is 3.38. The molecule has 1 aliphatic rings. The molecule has 1 aliphatic heterocycles. The van der Waals surface area contributed by atoms with Crippen LogP contribution in [0.5, 0.6) is 0 Å². The standard InChI is InChI=1S/C10H9Cl2NO/c11-8-2-1-6(3-9(8)12)7-4-10(14)13-5-7/h1-3,7H,4-5H2,(H,13,14)/t7-/m1/s1. The van der Waals surface area contributed by atoms with Crippen LogP contribution in [-0.4, -0.2) is 12.5 Å². The van der Waals surface area contributed by atoms with Crippen molar-refractivity contribution in [3.8, 4) is 0 Å². The Bertz CT molecular complexity index is 378. The predicted molar refractivity (Wildman–Crippen MR) is 56.8 cm³/mol. The Labute approximate surface area is 92.2 Å². The normalized spacial score (nSPS) is 21.0. The Hall–Kier alpha value is -0.730. The lowest BCUT2D eigenvalue weighted by Gasteiger charge is -2.08. The van der Waals surface area contributed by atoms with Crippen LogP contribution in [0.3, 0.4) is 0 Å². The third kappa shape index (κ3) is 1.86. The number of carbonyl (C=O) groups is 1. The highest BCUT2D eigenvalue weighted by Crippen LogP contribution is 2.29. The monoisotopic (exact) mass is 229 g/mol. The summed E-state index contributed by atoms with van der Waals surface area (Å²) in [6.07, 6.45) is 0.540. The molecule has 0 spiro atoms. The number of rotatable bonds is 1. The van der Waals surface area contributed by atoms with Gasteiger partial charge in [0.1, 0.15) is 0 Å². The molecule has 1 amide bonds. The van der Waals surface area contributed by atoms with Gasteiger partial charge < -0.3 is 5.32 Å². The van der Waals surface area contributed by atoms with Crippen molar-refractivity contribution < 1.29 is 4.79 Å². The molecule has 14 heavy (non-hydrogen) atoms. The van der Waals surface area contributed by atoms with E-state index in [1.807, 2.05) is 12.1 Å². The van der Waals surface area contributed by atoms with E-state index in [4.69, 9.17) is 23.2 Å². The molecular formula is C10H9Cl2NO. The lowest BCUT2D eigenvalue weighted by atomic mass is 9.98. The quantitative estimate of drug-likeness (QED) is 0.789. The zero-order chi connectivity index (χ0) is 10.1. The van der Waals surface area contributed by atoms with Crippen LogP contribution in [-0.2, 0) is 4.79 Å². The van der Waals surface area contributed by atoms with Crippen LogP contribution in [0.1, 0.15) is 17.9 Å². The summed E-state index contributed by atoms with van der Waals surface area (Å²) in [5, 5.41) is 3.88. The fraction of sp³-hybridized carbons (Fsp3) is 0.300. The van der Waals surface area contributed by atoms with Crippen molar-refractivity contribution in [2.24, 2.45) is 0 Å². The van der Waals surface area contributed by atoms with Crippen LogP contribution in [0, 0.1) is 0 Å². The first kappa shape index (κ1) is 9.81. The minimum atomic E-state index is 0.0982. The second kappa shape index (κ2) is 3.79. The Balaban J connectivity index is 2.24. The average Bonchev–Trinajstić information content (AvgIpc) is 2.57. The Morgan fingerprint density at radius 2 is 2.07 bits per heavy atom. The van der Waals surface area contributed by atoms with Gasteiger partial charge in [0.05, 0.1) is 10.0 Å². The van der Waals surface area contributed by atoms with E-state index in [0.29, 0.717) is 23.0 Å². The zero-order valence-corrected chi connectivity index (χ0v) is 8.90.